The predicted octanol–water partition coefficient (Wildman–Crippen LogP) is 6.02. The van der Waals surface area contributed by atoms with Gasteiger partial charge in [-0.3, -0.25) is 0 Å². The van der Waals surface area contributed by atoms with Gasteiger partial charge in [0.15, 0.2) is 5.58 Å². The third-order valence-electron chi connectivity index (χ3n) is 6.31. The van der Waals surface area contributed by atoms with Crippen LogP contribution in [-0.4, -0.2) is 41.5 Å². The van der Waals surface area contributed by atoms with Crippen LogP contribution in [0.2, 0.25) is 0 Å². The molecule has 172 valence electrons. The Hall–Kier alpha value is -2.45. The maximum atomic E-state index is 6.05. The molecule has 7 heteroatoms. The lowest BCUT2D eigenvalue weighted by molar-refractivity contribution is 0.256. The summed E-state index contributed by atoms with van der Waals surface area (Å²) in [5, 5.41) is 5.43. The molecule has 6 rings (SSSR count). The summed E-state index contributed by atoms with van der Waals surface area (Å²) in [6, 6.07) is 12.5. The Morgan fingerprint density at radius 1 is 1.09 bits per heavy atom. The molecule has 5 heterocycles. The number of nitrogens with one attached hydrogen (secondary N) is 1. The Morgan fingerprint density at radius 2 is 1.85 bits per heavy atom. The van der Waals surface area contributed by atoms with Crippen LogP contribution in [-0.2, 0) is 12.8 Å². The number of likely N-dealkylation sites (tertiary alicyclic amines) is 1. The Bertz CT molecular complexity index is 1280. The smallest absolute Gasteiger partial charge is 0.200 e. The third kappa shape index (κ3) is 5.06. The first-order valence-corrected chi connectivity index (χ1v) is 13.3. The highest BCUT2D eigenvalue weighted by Gasteiger charge is 2.23. The van der Waals surface area contributed by atoms with Crippen molar-refractivity contribution < 1.29 is 4.42 Å². The second-order valence-corrected chi connectivity index (χ2v) is 10.7. The van der Waals surface area contributed by atoms with Crippen molar-refractivity contribution in [3.05, 3.63) is 74.6 Å². The number of aromatic amines is 1. The van der Waals surface area contributed by atoms with Gasteiger partial charge in [0.1, 0.15) is 5.52 Å². The van der Waals surface area contributed by atoms with Gasteiger partial charge in [-0.2, -0.15) is 0 Å². The lowest BCUT2D eigenvalue weighted by Gasteiger charge is -2.28. The van der Waals surface area contributed by atoms with Crippen molar-refractivity contribution in [2.45, 2.75) is 31.6 Å². The maximum Gasteiger partial charge on any atom is 0.200 e. The van der Waals surface area contributed by atoms with Crippen molar-refractivity contribution in [3.8, 4) is 0 Å². The fourth-order valence-electron chi connectivity index (χ4n) is 4.56. The van der Waals surface area contributed by atoms with Crippen LogP contribution in [0, 0.1) is 0 Å². The number of nitrogens with zero attached hydrogens (tertiary/aromatic N) is 2. The molecule has 0 saturated carbocycles. The van der Waals surface area contributed by atoms with Crippen molar-refractivity contribution in [2.24, 2.45) is 5.73 Å². The molecule has 0 atom stereocenters. The molecule has 1 fully saturated rings. The summed E-state index contributed by atoms with van der Waals surface area (Å²) in [5.74, 6) is 1.41. The standard InChI is InChI=1S/C20H21N3OS.C6H9NS/c1-23-8-6-13(7-9-23)15-12-21-16-4-5-17-20(19(15)16)22-18(24-17)11-14-3-2-10-25-14;7-4-3-6-2-1-5-8-6/h2-5,10,12-13,21H,6-9,11H2,1H3;1-2,5H,3-4,7H2. The van der Waals surface area contributed by atoms with Crippen molar-refractivity contribution in [2.75, 3.05) is 26.7 Å². The first-order valence-electron chi connectivity index (χ1n) is 11.5. The molecule has 4 aromatic heterocycles. The molecule has 0 aliphatic carbocycles. The summed E-state index contributed by atoms with van der Waals surface area (Å²) in [6.45, 7) is 3.09. The van der Waals surface area contributed by atoms with E-state index in [0.29, 0.717) is 5.92 Å². The molecule has 0 spiro atoms. The summed E-state index contributed by atoms with van der Waals surface area (Å²) in [4.78, 5) is 13.4. The van der Waals surface area contributed by atoms with E-state index < -0.39 is 0 Å². The van der Waals surface area contributed by atoms with E-state index in [-0.39, 0.29) is 0 Å². The molecule has 0 unspecified atom stereocenters. The summed E-state index contributed by atoms with van der Waals surface area (Å²) < 4.78 is 6.05. The zero-order valence-electron chi connectivity index (χ0n) is 18.9. The minimum atomic E-state index is 0.605. The van der Waals surface area contributed by atoms with Crippen LogP contribution in [0.4, 0.5) is 0 Å². The van der Waals surface area contributed by atoms with E-state index in [0.717, 1.165) is 55.0 Å². The number of H-pyrrole nitrogens is 1. The Kier molecular flexibility index (Phi) is 6.92. The highest BCUT2D eigenvalue weighted by molar-refractivity contribution is 7.10. The predicted molar refractivity (Wildman–Crippen MR) is 140 cm³/mol. The fourth-order valence-corrected chi connectivity index (χ4v) is 5.98. The summed E-state index contributed by atoms with van der Waals surface area (Å²) in [5.41, 5.74) is 9.81. The zero-order chi connectivity index (χ0) is 22.6. The second kappa shape index (κ2) is 10.2. The molecule has 1 aromatic carbocycles. The highest BCUT2D eigenvalue weighted by atomic mass is 32.1. The van der Waals surface area contributed by atoms with Crippen LogP contribution in [0.3, 0.4) is 0 Å². The molecule has 0 bridgehead atoms. The highest BCUT2D eigenvalue weighted by Crippen LogP contribution is 2.36. The van der Waals surface area contributed by atoms with E-state index in [9.17, 15) is 0 Å². The number of rotatable bonds is 5. The van der Waals surface area contributed by atoms with Gasteiger partial charge in [-0.05, 0) is 92.5 Å². The van der Waals surface area contributed by atoms with E-state index in [1.807, 2.05) is 6.07 Å². The van der Waals surface area contributed by atoms with Crippen molar-refractivity contribution in [1.82, 2.24) is 14.9 Å². The van der Waals surface area contributed by atoms with E-state index in [1.165, 1.54) is 33.5 Å². The normalized spacial score (nSPS) is 15.2. The molecular formula is C26H30N4OS2. The second-order valence-electron chi connectivity index (χ2n) is 8.64. The van der Waals surface area contributed by atoms with Gasteiger partial charge in [-0.15, -0.1) is 22.7 Å². The van der Waals surface area contributed by atoms with Crippen molar-refractivity contribution >= 4 is 44.7 Å². The van der Waals surface area contributed by atoms with E-state index in [4.69, 9.17) is 15.1 Å². The quantitative estimate of drug-likeness (QED) is 0.324. The SMILES string of the molecule is CN1CCC(c2c[nH]c3ccc4oc(Cc5cccs5)nc4c23)CC1.NCCc1cccs1. The van der Waals surface area contributed by atoms with Crippen LogP contribution in [0.5, 0.6) is 0 Å². The minimum Gasteiger partial charge on any atom is -0.440 e. The van der Waals surface area contributed by atoms with Gasteiger partial charge < -0.3 is 20.0 Å². The van der Waals surface area contributed by atoms with Gasteiger partial charge in [-0.1, -0.05) is 12.1 Å². The molecule has 3 N–H and O–H groups in total. The van der Waals surface area contributed by atoms with Gasteiger partial charge in [0.05, 0.1) is 6.42 Å². The van der Waals surface area contributed by atoms with Crippen LogP contribution >= 0.6 is 22.7 Å². The van der Waals surface area contributed by atoms with E-state index in [2.05, 4.69) is 64.2 Å². The average Bonchev–Trinajstić information content (AvgIpc) is 3.62. The van der Waals surface area contributed by atoms with Gasteiger partial charge in [0, 0.05) is 26.9 Å². The first kappa shape index (κ1) is 22.3. The zero-order valence-corrected chi connectivity index (χ0v) is 20.6. The number of aromatic nitrogens is 2. The molecule has 0 amide bonds. The fraction of sp³-hybridized carbons (Fsp3) is 0.346. The Balaban J connectivity index is 0.000000243. The monoisotopic (exact) mass is 478 g/mol. The maximum absolute atomic E-state index is 6.05. The van der Waals surface area contributed by atoms with Crippen molar-refractivity contribution in [1.29, 1.82) is 0 Å². The van der Waals surface area contributed by atoms with Gasteiger partial charge >= 0.3 is 0 Å². The molecule has 0 radical (unpaired) electrons. The Labute approximate surface area is 202 Å². The third-order valence-corrected chi connectivity index (χ3v) is 8.12. The summed E-state index contributed by atoms with van der Waals surface area (Å²) >= 11 is 3.52. The van der Waals surface area contributed by atoms with E-state index in [1.54, 1.807) is 22.7 Å². The van der Waals surface area contributed by atoms with Crippen LogP contribution in [0.1, 0.15) is 40.0 Å². The molecule has 33 heavy (non-hydrogen) atoms. The lowest BCUT2D eigenvalue weighted by Crippen LogP contribution is -2.29. The van der Waals surface area contributed by atoms with E-state index >= 15 is 0 Å². The number of fused-ring (bicyclic) bond motifs is 3. The lowest BCUT2D eigenvalue weighted by atomic mass is 9.89. The summed E-state index contributed by atoms with van der Waals surface area (Å²) in [7, 11) is 2.21. The molecule has 5 nitrogen and oxygen atoms in total. The van der Waals surface area contributed by atoms with Crippen LogP contribution < -0.4 is 5.73 Å². The number of nitrogens with two attached hydrogens (primary N) is 1. The minimum absolute atomic E-state index is 0.605. The molecule has 5 aromatic rings. The number of oxazole rings is 1. The topological polar surface area (TPSA) is 71.1 Å². The molecular weight excluding hydrogens is 448 g/mol. The summed E-state index contributed by atoms with van der Waals surface area (Å²) in [6.07, 6.45) is 6.40. The first-order chi connectivity index (χ1) is 16.2. The van der Waals surface area contributed by atoms with Gasteiger partial charge in [-0.25, -0.2) is 4.98 Å². The number of thiophene rings is 2. The van der Waals surface area contributed by atoms with Gasteiger partial charge in [0.2, 0.25) is 5.89 Å². The van der Waals surface area contributed by atoms with Gasteiger partial charge in [0.25, 0.3) is 0 Å². The average molecular weight is 479 g/mol. The largest absolute Gasteiger partial charge is 0.440 e. The number of hydrogen-bond donors (Lipinski definition) is 2. The molecule has 1 aliphatic rings. The van der Waals surface area contributed by atoms with Crippen molar-refractivity contribution in [3.63, 3.8) is 0 Å². The number of hydrogen-bond acceptors (Lipinski definition) is 6. The number of benzene rings is 1. The van der Waals surface area contributed by atoms with Crippen LogP contribution in [0.15, 0.2) is 57.8 Å². The Morgan fingerprint density at radius 3 is 2.55 bits per heavy atom. The number of piperidine rings is 1. The van der Waals surface area contributed by atoms with Crippen LogP contribution in [0.25, 0.3) is 22.0 Å². The molecule has 1 saturated heterocycles. The molecule has 1 aliphatic heterocycles.